The van der Waals surface area contributed by atoms with Crippen molar-refractivity contribution in [1.29, 1.82) is 0 Å². The van der Waals surface area contributed by atoms with E-state index in [0.29, 0.717) is 6.42 Å². The van der Waals surface area contributed by atoms with Gasteiger partial charge in [-0.3, -0.25) is 4.79 Å². The maximum absolute atomic E-state index is 12.4. The van der Waals surface area contributed by atoms with Gasteiger partial charge < -0.3 is 9.64 Å². The van der Waals surface area contributed by atoms with Crippen LogP contribution in [0.25, 0.3) is 0 Å². The first-order valence-electron chi connectivity index (χ1n) is 16.3. The number of carbonyl (C=O) groups is 1. The zero-order valence-electron chi connectivity index (χ0n) is 25.9. The molecule has 3 nitrogen and oxygen atoms in total. The lowest BCUT2D eigenvalue weighted by Crippen LogP contribution is -2.20. The normalized spacial score (nSPS) is 12.6. The fourth-order valence-electron chi connectivity index (χ4n) is 4.77. The summed E-state index contributed by atoms with van der Waals surface area (Å²) in [7, 11) is 4.11. The van der Waals surface area contributed by atoms with Crippen molar-refractivity contribution >= 4 is 5.97 Å². The van der Waals surface area contributed by atoms with Crippen LogP contribution < -0.4 is 0 Å². The monoisotopic (exact) mass is 532 g/mol. The van der Waals surface area contributed by atoms with Crippen molar-refractivity contribution < 1.29 is 9.53 Å². The Hall–Kier alpha value is -1.35. The van der Waals surface area contributed by atoms with Crippen LogP contribution in [0.3, 0.4) is 0 Å². The quantitative estimate of drug-likeness (QED) is 0.0546. The van der Waals surface area contributed by atoms with Crippen LogP contribution in [0.15, 0.2) is 37.0 Å². The van der Waals surface area contributed by atoms with Crippen molar-refractivity contribution in [3.05, 3.63) is 37.0 Å². The van der Waals surface area contributed by atoms with Gasteiger partial charge in [-0.15, -0.1) is 6.58 Å². The first-order chi connectivity index (χ1) is 18.6. The summed E-state index contributed by atoms with van der Waals surface area (Å²) in [4.78, 5) is 14.5. The lowest BCUT2D eigenvalue weighted by molar-refractivity contribution is -0.150. The lowest BCUT2D eigenvalue weighted by atomic mass is 10.0. The van der Waals surface area contributed by atoms with Gasteiger partial charge in [0.15, 0.2) is 0 Å². The van der Waals surface area contributed by atoms with Gasteiger partial charge in [-0.25, -0.2) is 0 Å². The molecule has 0 aliphatic carbocycles. The van der Waals surface area contributed by atoms with Crippen LogP contribution in [-0.4, -0.2) is 37.6 Å². The van der Waals surface area contributed by atoms with Crippen molar-refractivity contribution in [2.75, 3.05) is 20.6 Å². The van der Waals surface area contributed by atoms with Gasteiger partial charge in [0.05, 0.1) is 0 Å². The third-order valence-electron chi connectivity index (χ3n) is 7.20. The Morgan fingerprint density at radius 3 is 1.71 bits per heavy atom. The number of ether oxygens (including phenoxy) is 1. The highest BCUT2D eigenvalue weighted by atomic mass is 16.5. The maximum Gasteiger partial charge on any atom is 0.306 e. The van der Waals surface area contributed by atoms with E-state index in [0.717, 1.165) is 38.6 Å². The van der Waals surface area contributed by atoms with Gasteiger partial charge in [0.2, 0.25) is 0 Å². The van der Waals surface area contributed by atoms with Gasteiger partial charge >= 0.3 is 5.97 Å². The Morgan fingerprint density at radius 1 is 0.684 bits per heavy atom. The molecule has 1 unspecified atom stereocenters. The van der Waals surface area contributed by atoms with Gasteiger partial charge in [-0.05, 0) is 97.7 Å². The number of nitrogens with zero attached hydrogens (tertiary/aromatic N) is 1. The second kappa shape index (κ2) is 30.2. The molecule has 0 saturated carbocycles. The topological polar surface area (TPSA) is 29.5 Å². The first kappa shape index (κ1) is 36.6. The Balaban J connectivity index is 3.96. The van der Waals surface area contributed by atoms with E-state index in [-0.39, 0.29) is 12.1 Å². The minimum Gasteiger partial charge on any atom is -0.462 e. The van der Waals surface area contributed by atoms with E-state index in [4.69, 9.17) is 4.74 Å². The number of rotatable bonds is 29. The second-order valence-corrected chi connectivity index (χ2v) is 11.4. The Labute approximate surface area is 238 Å². The fraction of sp³-hybridized carbons (Fsp3) is 0.800. The summed E-state index contributed by atoms with van der Waals surface area (Å²) in [5.74, 6) is 0.00122. The van der Waals surface area contributed by atoms with Crippen molar-refractivity contribution in [1.82, 2.24) is 4.90 Å². The van der Waals surface area contributed by atoms with Crippen molar-refractivity contribution in [3.63, 3.8) is 0 Å². The van der Waals surface area contributed by atoms with Gasteiger partial charge in [-0.2, -0.15) is 0 Å². The fourth-order valence-corrected chi connectivity index (χ4v) is 4.77. The minimum atomic E-state index is 0.00122. The molecular weight excluding hydrogens is 466 g/mol. The third kappa shape index (κ3) is 29.2. The number of carbonyl (C=O) groups excluding carboxylic acids is 1. The summed E-state index contributed by atoms with van der Waals surface area (Å²) < 4.78 is 5.94. The number of unbranched alkanes of at least 4 members (excludes halogenated alkanes) is 15. The highest BCUT2D eigenvalue weighted by molar-refractivity contribution is 5.69. The van der Waals surface area contributed by atoms with Crippen LogP contribution in [-0.2, 0) is 9.53 Å². The number of hydrogen-bond acceptors (Lipinski definition) is 3. The molecule has 38 heavy (non-hydrogen) atoms. The van der Waals surface area contributed by atoms with E-state index in [2.05, 4.69) is 56.8 Å². The maximum atomic E-state index is 12.4. The van der Waals surface area contributed by atoms with Crippen LogP contribution in [0, 0.1) is 0 Å². The molecule has 0 aromatic carbocycles. The standard InChI is InChI=1S/C35H65NO2/c1-5-7-9-11-13-15-16-17-18-19-20-21-22-24-26-28-31-34(38-35(37)32-29-33-36(3)4)30-27-25-23-14-12-10-8-6-2/h6,13,15,17-18,34H,2,5,7-12,14,16,19-33H2,1,3-4H3/b15-13-,18-17-. The summed E-state index contributed by atoms with van der Waals surface area (Å²) in [6.07, 6.45) is 38.9. The van der Waals surface area contributed by atoms with Crippen LogP contribution in [0.4, 0.5) is 0 Å². The summed E-state index contributed by atoms with van der Waals surface area (Å²) in [6, 6.07) is 0. The average molecular weight is 532 g/mol. The Kier molecular flexibility index (Phi) is 29.1. The van der Waals surface area contributed by atoms with Gasteiger partial charge in [0, 0.05) is 6.42 Å². The molecule has 0 spiro atoms. The predicted octanol–water partition coefficient (Wildman–Crippen LogP) is 10.8. The van der Waals surface area contributed by atoms with E-state index in [1.807, 2.05) is 6.08 Å². The number of hydrogen-bond donors (Lipinski definition) is 0. The molecule has 0 fully saturated rings. The molecule has 0 aromatic heterocycles. The summed E-state index contributed by atoms with van der Waals surface area (Å²) in [6.45, 7) is 7.00. The molecule has 0 N–H and O–H groups in total. The second-order valence-electron chi connectivity index (χ2n) is 11.4. The highest BCUT2D eigenvalue weighted by Crippen LogP contribution is 2.18. The summed E-state index contributed by atoms with van der Waals surface area (Å²) in [5.41, 5.74) is 0. The molecule has 0 rings (SSSR count). The van der Waals surface area contributed by atoms with E-state index in [9.17, 15) is 4.79 Å². The van der Waals surface area contributed by atoms with Gasteiger partial charge in [0.1, 0.15) is 6.10 Å². The smallest absolute Gasteiger partial charge is 0.306 e. The van der Waals surface area contributed by atoms with Crippen LogP contribution >= 0.6 is 0 Å². The molecule has 0 aromatic rings. The van der Waals surface area contributed by atoms with Crippen LogP contribution in [0.1, 0.15) is 155 Å². The van der Waals surface area contributed by atoms with E-state index in [1.165, 1.54) is 109 Å². The molecule has 3 heteroatoms. The van der Waals surface area contributed by atoms with Crippen molar-refractivity contribution in [3.8, 4) is 0 Å². The molecular formula is C35H65NO2. The minimum absolute atomic E-state index is 0.00122. The Bertz CT molecular complexity index is 566. The van der Waals surface area contributed by atoms with Crippen LogP contribution in [0.2, 0.25) is 0 Å². The number of esters is 1. The van der Waals surface area contributed by atoms with E-state index < -0.39 is 0 Å². The molecule has 1 atom stereocenters. The van der Waals surface area contributed by atoms with E-state index in [1.54, 1.807) is 0 Å². The molecule has 0 bridgehead atoms. The van der Waals surface area contributed by atoms with Gasteiger partial charge in [-0.1, -0.05) is 102 Å². The molecule has 0 saturated heterocycles. The number of allylic oxidation sites excluding steroid dienone is 5. The highest BCUT2D eigenvalue weighted by Gasteiger charge is 2.14. The van der Waals surface area contributed by atoms with E-state index >= 15 is 0 Å². The zero-order valence-corrected chi connectivity index (χ0v) is 25.9. The molecule has 0 aliphatic rings. The van der Waals surface area contributed by atoms with Crippen molar-refractivity contribution in [2.45, 2.75) is 161 Å². The molecule has 0 radical (unpaired) electrons. The Morgan fingerprint density at radius 2 is 1.18 bits per heavy atom. The summed E-state index contributed by atoms with van der Waals surface area (Å²) >= 11 is 0. The zero-order chi connectivity index (χ0) is 27.9. The molecule has 222 valence electrons. The lowest BCUT2D eigenvalue weighted by Gasteiger charge is -2.18. The molecule has 0 amide bonds. The third-order valence-corrected chi connectivity index (χ3v) is 7.20. The van der Waals surface area contributed by atoms with Crippen molar-refractivity contribution in [2.24, 2.45) is 0 Å². The largest absolute Gasteiger partial charge is 0.462 e. The van der Waals surface area contributed by atoms with Crippen LogP contribution in [0.5, 0.6) is 0 Å². The summed E-state index contributed by atoms with van der Waals surface area (Å²) in [5, 5.41) is 0. The molecule has 0 heterocycles. The predicted molar refractivity (Wildman–Crippen MR) is 169 cm³/mol. The average Bonchev–Trinajstić information content (AvgIpc) is 2.89. The SMILES string of the molecule is C=CCCCCCCCCC(CCCCCCCC/C=C\C/C=C\CCCCC)OC(=O)CCCN(C)C. The first-order valence-corrected chi connectivity index (χ1v) is 16.3. The molecule has 0 aliphatic heterocycles. The van der Waals surface area contributed by atoms with Gasteiger partial charge in [0.25, 0.3) is 0 Å².